The lowest BCUT2D eigenvalue weighted by Crippen LogP contribution is -2.47. The molecular weight excluding hydrogens is 362 g/mol. The fourth-order valence-corrected chi connectivity index (χ4v) is 3.43. The average molecular weight is 383 g/mol. The largest absolute Gasteiger partial charge is 0.459 e. The number of thiazole rings is 1. The Kier molecular flexibility index (Phi) is 6.03. The molecule has 2 aromatic heterocycles. The van der Waals surface area contributed by atoms with Crippen molar-refractivity contribution in [2.75, 3.05) is 5.32 Å². The number of hydrogen-bond acceptors (Lipinski definition) is 5. The van der Waals surface area contributed by atoms with Crippen LogP contribution in [0.5, 0.6) is 0 Å². The third-order valence-electron chi connectivity index (χ3n) is 3.99. The van der Waals surface area contributed by atoms with Crippen LogP contribution in [0.25, 0.3) is 0 Å². The molecule has 0 spiro atoms. The van der Waals surface area contributed by atoms with Gasteiger partial charge in [0.15, 0.2) is 10.9 Å². The zero-order chi connectivity index (χ0) is 19.2. The van der Waals surface area contributed by atoms with Crippen molar-refractivity contribution in [3.8, 4) is 0 Å². The van der Waals surface area contributed by atoms with Crippen molar-refractivity contribution in [1.29, 1.82) is 0 Å². The average Bonchev–Trinajstić information content (AvgIpc) is 3.32. The van der Waals surface area contributed by atoms with Crippen LogP contribution >= 0.6 is 11.3 Å². The highest BCUT2D eigenvalue weighted by atomic mass is 32.1. The lowest BCUT2D eigenvalue weighted by atomic mass is 10.0. The van der Waals surface area contributed by atoms with Crippen LogP contribution in [0.3, 0.4) is 0 Å². The minimum Gasteiger partial charge on any atom is -0.459 e. The molecule has 6 nitrogen and oxygen atoms in total. The van der Waals surface area contributed by atoms with E-state index in [1.165, 1.54) is 23.2 Å². The lowest BCUT2D eigenvalue weighted by Gasteiger charge is -2.20. The number of furan rings is 1. The van der Waals surface area contributed by atoms with Gasteiger partial charge in [0.25, 0.3) is 5.91 Å². The molecule has 3 aromatic rings. The molecule has 0 aliphatic heterocycles. The van der Waals surface area contributed by atoms with Crippen molar-refractivity contribution in [3.05, 3.63) is 71.1 Å². The van der Waals surface area contributed by atoms with Gasteiger partial charge in [0.2, 0.25) is 5.91 Å². The Morgan fingerprint density at radius 1 is 1.15 bits per heavy atom. The Hall–Kier alpha value is -2.93. The molecule has 140 valence electrons. The second kappa shape index (κ2) is 8.64. The van der Waals surface area contributed by atoms with Gasteiger partial charge in [-0.25, -0.2) is 4.98 Å². The SMILES string of the molecule is CC(C)C(NC(=O)c1ccco1)C(=O)Nc1ncc(Cc2ccccc2)s1. The first-order valence-electron chi connectivity index (χ1n) is 8.67. The monoisotopic (exact) mass is 383 g/mol. The van der Waals surface area contributed by atoms with Crippen LogP contribution in [0.15, 0.2) is 59.3 Å². The third-order valence-corrected chi connectivity index (χ3v) is 4.90. The van der Waals surface area contributed by atoms with E-state index in [1.807, 2.05) is 32.0 Å². The van der Waals surface area contributed by atoms with Crippen LogP contribution in [0, 0.1) is 5.92 Å². The third kappa shape index (κ3) is 5.04. The van der Waals surface area contributed by atoms with Crippen molar-refractivity contribution >= 4 is 28.3 Å². The second-order valence-electron chi connectivity index (χ2n) is 6.46. The van der Waals surface area contributed by atoms with E-state index in [-0.39, 0.29) is 17.6 Å². The smallest absolute Gasteiger partial charge is 0.287 e. The number of carbonyl (C=O) groups is 2. The summed E-state index contributed by atoms with van der Waals surface area (Å²) in [5, 5.41) is 6.04. The Labute approximate surface area is 161 Å². The molecule has 1 unspecified atom stereocenters. The molecule has 0 radical (unpaired) electrons. The van der Waals surface area contributed by atoms with E-state index >= 15 is 0 Å². The fourth-order valence-electron chi connectivity index (χ4n) is 2.58. The van der Waals surface area contributed by atoms with E-state index in [9.17, 15) is 9.59 Å². The van der Waals surface area contributed by atoms with Gasteiger partial charge in [-0.2, -0.15) is 0 Å². The highest BCUT2D eigenvalue weighted by Crippen LogP contribution is 2.21. The van der Waals surface area contributed by atoms with Crippen molar-refractivity contribution < 1.29 is 14.0 Å². The molecule has 2 heterocycles. The Balaban J connectivity index is 1.63. The maximum absolute atomic E-state index is 12.6. The molecule has 7 heteroatoms. The summed E-state index contributed by atoms with van der Waals surface area (Å²) in [6.07, 6.45) is 3.94. The Morgan fingerprint density at radius 3 is 2.59 bits per heavy atom. The summed E-state index contributed by atoms with van der Waals surface area (Å²) >= 11 is 1.43. The van der Waals surface area contributed by atoms with Crippen LogP contribution in [0.1, 0.15) is 34.8 Å². The van der Waals surface area contributed by atoms with Gasteiger partial charge in [0.1, 0.15) is 6.04 Å². The normalized spacial score (nSPS) is 12.0. The minimum atomic E-state index is -0.691. The maximum Gasteiger partial charge on any atom is 0.287 e. The summed E-state index contributed by atoms with van der Waals surface area (Å²) in [5.74, 6) is -0.635. The van der Waals surface area contributed by atoms with Gasteiger partial charge in [-0.1, -0.05) is 44.2 Å². The first-order valence-corrected chi connectivity index (χ1v) is 9.48. The van der Waals surface area contributed by atoms with E-state index in [2.05, 4.69) is 27.8 Å². The maximum atomic E-state index is 12.6. The lowest BCUT2D eigenvalue weighted by molar-refractivity contribution is -0.118. The predicted octanol–water partition coefficient (Wildman–Crippen LogP) is 3.72. The minimum absolute atomic E-state index is 0.0901. The molecule has 0 saturated heterocycles. The van der Waals surface area contributed by atoms with E-state index < -0.39 is 11.9 Å². The number of nitrogens with zero attached hydrogens (tertiary/aromatic N) is 1. The van der Waals surface area contributed by atoms with Crippen LogP contribution in [-0.2, 0) is 11.2 Å². The molecule has 0 saturated carbocycles. The second-order valence-corrected chi connectivity index (χ2v) is 7.57. The summed E-state index contributed by atoms with van der Waals surface area (Å²) in [5.41, 5.74) is 1.18. The van der Waals surface area contributed by atoms with Gasteiger partial charge < -0.3 is 15.1 Å². The number of nitrogens with one attached hydrogen (secondary N) is 2. The van der Waals surface area contributed by atoms with Gasteiger partial charge >= 0.3 is 0 Å². The standard InChI is InChI=1S/C20H21N3O3S/c1-13(2)17(22-18(24)16-9-6-10-26-16)19(25)23-20-21-12-15(27-20)11-14-7-4-3-5-8-14/h3-10,12-13,17H,11H2,1-2H3,(H,22,24)(H,21,23,25). The van der Waals surface area contributed by atoms with E-state index in [4.69, 9.17) is 4.42 Å². The molecular formula is C20H21N3O3S. The zero-order valence-electron chi connectivity index (χ0n) is 15.1. The summed E-state index contributed by atoms with van der Waals surface area (Å²) in [4.78, 5) is 30.2. The van der Waals surface area contributed by atoms with Gasteiger partial charge in [-0.3, -0.25) is 9.59 Å². The van der Waals surface area contributed by atoms with Crippen LogP contribution < -0.4 is 10.6 Å². The van der Waals surface area contributed by atoms with Crippen LogP contribution in [0.2, 0.25) is 0 Å². The summed E-state index contributed by atoms with van der Waals surface area (Å²) in [6, 6.07) is 12.6. The molecule has 1 atom stereocenters. The van der Waals surface area contributed by atoms with Gasteiger partial charge in [0.05, 0.1) is 6.26 Å². The first kappa shape index (κ1) is 18.8. The van der Waals surface area contributed by atoms with Crippen molar-refractivity contribution in [2.45, 2.75) is 26.3 Å². The molecule has 2 N–H and O–H groups in total. The van der Waals surface area contributed by atoms with Gasteiger partial charge in [-0.05, 0) is 23.6 Å². The highest BCUT2D eigenvalue weighted by Gasteiger charge is 2.26. The quantitative estimate of drug-likeness (QED) is 0.651. The number of carbonyl (C=O) groups excluding carboxylic acids is 2. The fraction of sp³-hybridized carbons (Fsp3) is 0.250. The molecule has 0 aliphatic rings. The Bertz CT molecular complexity index is 888. The number of rotatable bonds is 7. The van der Waals surface area contributed by atoms with Crippen molar-refractivity contribution in [1.82, 2.24) is 10.3 Å². The summed E-state index contributed by atoms with van der Waals surface area (Å²) in [6.45, 7) is 3.74. The van der Waals surface area contributed by atoms with Crippen molar-refractivity contribution in [2.24, 2.45) is 5.92 Å². The summed E-state index contributed by atoms with van der Waals surface area (Å²) < 4.78 is 5.08. The predicted molar refractivity (Wildman–Crippen MR) is 105 cm³/mol. The Morgan fingerprint density at radius 2 is 1.93 bits per heavy atom. The molecule has 27 heavy (non-hydrogen) atoms. The number of hydrogen-bond donors (Lipinski definition) is 2. The molecule has 0 aliphatic carbocycles. The van der Waals surface area contributed by atoms with E-state index in [0.29, 0.717) is 5.13 Å². The van der Waals surface area contributed by atoms with Gasteiger partial charge in [0, 0.05) is 17.5 Å². The summed E-state index contributed by atoms with van der Waals surface area (Å²) in [7, 11) is 0. The van der Waals surface area contributed by atoms with E-state index in [0.717, 1.165) is 11.3 Å². The van der Waals surface area contributed by atoms with E-state index in [1.54, 1.807) is 18.3 Å². The molecule has 2 amide bonds. The molecule has 3 rings (SSSR count). The first-order chi connectivity index (χ1) is 13.0. The van der Waals surface area contributed by atoms with Crippen molar-refractivity contribution in [3.63, 3.8) is 0 Å². The molecule has 0 fully saturated rings. The number of benzene rings is 1. The highest BCUT2D eigenvalue weighted by molar-refractivity contribution is 7.15. The number of aromatic nitrogens is 1. The number of amides is 2. The molecule has 0 bridgehead atoms. The van der Waals surface area contributed by atoms with Crippen LogP contribution in [-0.4, -0.2) is 22.8 Å². The topological polar surface area (TPSA) is 84.2 Å². The van der Waals surface area contributed by atoms with Gasteiger partial charge in [-0.15, -0.1) is 11.3 Å². The number of anilines is 1. The zero-order valence-corrected chi connectivity index (χ0v) is 16.0. The molecule has 1 aromatic carbocycles. The van der Waals surface area contributed by atoms with Crippen LogP contribution in [0.4, 0.5) is 5.13 Å².